The first-order valence-electron chi connectivity index (χ1n) is 2.30. The smallest absolute Gasteiger partial charge is 0.790 e. The average Bonchev–Trinajstić information content (AvgIpc) is 1.82. The number of carbonyl (C=O) groups is 2. The van der Waals surface area contributed by atoms with Gasteiger partial charge >= 0.3 is 54.9 Å². The predicted molar refractivity (Wildman–Crippen MR) is 35.3 cm³/mol. The van der Waals surface area contributed by atoms with E-state index in [0.717, 1.165) is 0 Å². The summed E-state index contributed by atoms with van der Waals surface area (Å²) in [4.78, 5) is 43.4. The van der Waals surface area contributed by atoms with Crippen LogP contribution < -0.4 is 9.79 Å². The standard InChI is InChI=1S/C3H4O4.Ba.H3O4P/c4-1-2(5)3(6)7;;1-5(2,3)4/h4H,1H2,(H,6,7);;(H3,1,2,3,4)/q;+2;/p-2. The van der Waals surface area contributed by atoms with Gasteiger partial charge in [-0.1, -0.05) is 0 Å². The fourth-order valence-electron chi connectivity index (χ4n) is 0.0676. The van der Waals surface area contributed by atoms with E-state index in [4.69, 9.17) is 29.5 Å². The Morgan fingerprint density at radius 1 is 1.31 bits per heavy atom. The van der Waals surface area contributed by atoms with E-state index >= 15 is 0 Å². The van der Waals surface area contributed by atoms with E-state index in [9.17, 15) is 9.59 Å². The molecule has 0 aliphatic carbocycles. The summed E-state index contributed by atoms with van der Waals surface area (Å²) in [6.07, 6.45) is 0. The topological polar surface area (TPSA) is 158 Å². The average molecular weight is 337 g/mol. The summed E-state index contributed by atoms with van der Waals surface area (Å²) >= 11 is 0. The van der Waals surface area contributed by atoms with Crippen LogP contribution in [0.1, 0.15) is 0 Å². The van der Waals surface area contributed by atoms with Crippen molar-refractivity contribution in [1.82, 2.24) is 0 Å². The molecule has 0 bridgehead atoms. The molecule has 10 heteroatoms. The fourth-order valence-corrected chi connectivity index (χ4v) is 0.0676. The zero-order chi connectivity index (χ0) is 10.4. The number of rotatable bonds is 2. The first-order chi connectivity index (χ1) is 5.18. The van der Waals surface area contributed by atoms with Crippen LogP contribution in [-0.2, 0) is 14.2 Å². The fraction of sp³-hybridized carbons (Fsp3) is 0.333. The van der Waals surface area contributed by atoms with E-state index in [1.54, 1.807) is 0 Å². The van der Waals surface area contributed by atoms with Crippen molar-refractivity contribution in [2.24, 2.45) is 0 Å². The van der Waals surface area contributed by atoms with E-state index in [1.165, 1.54) is 0 Å². The second kappa shape index (κ2) is 9.34. The van der Waals surface area contributed by atoms with Gasteiger partial charge in [-0.05, 0) is 0 Å². The molecule has 0 radical (unpaired) electrons. The van der Waals surface area contributed by atoms with E-state index in [1.807, 2.05) is 0 Å². The molecule has 0 aliphatic heterocycles. The maximum absolute atomic E-state index is 9.66. The van der Waals surface area contributed by atoms with Gasteiger partial charge in [0.15, 0.2) is 0 Å². The zero-order valence-corrected chi connectivity index (χ0v) is 11.6. The summed E-state index contributed by atoms with van der Waals surface area (Å²) < 4.78 is 8.66. The van der Waals surface area contributed by atoms with Crippen LogP contribution in [-0.4, -0.2) is 82.3 Å². The maximum atomic E-state index is 9.66. The number of hydrogen-bond donors (Lipinski definition) is 3. The SMILES string of the molecule is O=C(O)C(=O)CO.O=P([O-])([O-])O.[Ba+2]. The summed E-state index contributed by atoms with van der Waals surface area (Å²) in [6, 6.07) is 0. The van der Waals surface area contributed by atoms with Gasteiger partial charge in [0, 0.05) is 0 Å². The molecule has 0 spiro atoms. The van der Waals surface area contributed by atoms with Crippen LogP contribution in [0, 0.1) is 0 Å². The molecule has 0 saturated carbocycles. The Bertz CT molecular complexity index is 199. The number of Topliss-reactive ketones (excluding diaryl/α,β-unsaturated/α-hetero) is 1. The van der Waals surface area contributed by atoms with E-state index in [0.29, 0.717) is 0 Å². The zero-order valence-electron chi connectivity index (χ0n) is 6.24. The van der Waals surface area contributed by atoms with Gasteiger partial charge in [0.25, 0.3) is 5.78 Å². The number of aliphatic hydroxyl groups excluding tert-OH is 1. The number of aliphatic hydroxyl groups is 1. The Hall–Kier alpha value is 0.781. The molecule has 0 fully saturated rings. The van der Waals surface area contributed by atoms with Crippen LogP contribution in [0.2, 0.25) is 0 Å². The quantitative estimate of drug-likeness (QED) is 0.262. The Morgan fingerprint density at radius 3 is 1.54 bits per heavy atom. The molecule has 0 aliphatic rings. The van der Waals surface area contributed by atoms with Crippen molar-refractivity contribution in [1.29, 1.82) is 0 Å². The minimum absolute atomic E-state index is 0. The number of phosphoric acid groups is 1. The minimum Gasteiger partial charge on any atom is -0.790 e. The molecule has 0 heterocycles. The van der Waals surface area contributed by atoms with E-state index in [-0.39, 0.29) is 48.9 Å². The number of carboxylic acids is 1. The summed E-state index contributed by atoms with van der Waals surface area (Å²) in [5, 5.41) is 15.4. The summed E-state index contributed by atoms with van der Waals surface area (Å²) in [5.41, 5.74) is 0. The van der Waals surface area contributed by atoms with Crippen LogP contribution >= 0.6 is 7.82 Å². The van der Waals surface area contributed by atoms with Crippen molar-refractivity contribution in [3.63, 3.8) is 0 Å². The normalized spacial score (nSPS) is 8.92. The predicted octanol–water partition coefficient (Wildman–Crippen LogP) is -3.94. The largest absolute Gasteiger partial charge is 2.00 e. The first-order valence-corrected chi connectivity index (χ1v) is 3.79. The molecule has 13 heavy (non-hydrogen) atoms. The van der Waals surface area contributed by atoms with Crippen LogP contribution in [0.5, 0.6) is 0 Å². The molecule has 0 saturated heterocycles. The van der Waals surface area contributed by atoms with Gasteiger partial charge < -0.3 is 29.5 Å². The van der Waals surface area contributed by atoms with Gasteiger partial charge in [0.2, 0.25) is 0 Å². The van der Waals surface area contributed by atoms with Crippen molar-refractivity contribution in [2.75, 3.05) is 6.61 Å². The molecule has 0 amide bonds. The van der Waals surface area contributed by atoms with Crippen molar-refractivity contribution in [3.05, 3.63) is 0 Å². The Kier molecular flexibility index (Phi) is 13.9. The Morgan fingerprint density at radius 2 is 1.54 bits per heavy atom. The van der Waals surface area contributed by atoms with Crippen LogP contribution in [0.4, 0.5) is 0 Å². The molecule has 72 valence electrons. The van der Waals surface area contributed by atoms with Crippen molar-refractivity contribution < 1.29 is 39.0 Å². The van der Waals surface area contributed by atoms with Crippen LogP contribution in [0.25, 0.3) is 0 Å². The summed E-state index contributed by atoms with van der Waals surface area (Å²) in [5.74, 6) is -2.78. The number of ketones is 1. The van der Waals surface area contributed by atoms with Gasteiger partial charge in [-0.25, -0.2) is 4.79 Å². The number of carboxylic acid groups (broad SMARTS) is 1. The third kappa shape index (κ3) is 32.3. The molecular formula is C3H5BaO8P. The van der Waals surface area contributed by atoms with Crippen molar-refractivity contribution in [2.45, 2.75) is 0 Å². The van der Waals surface area contributed by atoms with E-state index < -0.39 is 26.2 Å². The Labute approximate surface area is 113 Å². The molecule has 0 atom stereocenters. The molecule has 0 aromatic heterocycles. The minimum atomic E-state index is -5.14. The summed E-state index contributed by atoms with van der Waals surface area (Å²) in [7, 11) is -5.14. The van der Waals surface area contributed by atoms with Crippen molar-refractivity contribution in [3.8, 4) is 0 Å². The maximum Gasteiger partial charge on any atom is 2.00 e. The number of aliphatic carboxylic acids is 1. The molecule has 8 nitrogen and oxygen atoms in total. The van der Waals surface area contributed by atoms with Gasteiger partial charge in [-0.3, -0.25) is 4.79 Å². The van der Waals surface area contributed by atoms with Gasteiger partial charge in [0.1, 0.15) is 6.61 Å². The molecule has 0 aromatic carbocycles. The summed E-state index contributed by atoms with van der Waals surface area (Å²) in [6.45, 7) is -0.921. The second-order valence-corrected chi connectivity index (χ2v) is 2.29. The third-order valence-electron chi connectivity index (χ3n) is 0.382. The van der Waals surface area contributed by atoms with Gasteiger partial charge in [-0.15, -0.1) is 0 Å². The number of hydrogen-bond acceptors (Lipinski definition) is 6. The van der Waals surface area contributed by atoms with Gasteiger partial charge in [-0.2, -0.15) is 0 Å². The van der Waals surface area contributed by atoms with E-state index in [2.05, 4.69) is 0 Å². The van der Waals surface area contributed by atoms with Crippen LogP contribution in [0.15, 0.2) is 0 Å². The van der Waals surface area contributed by atoms with Crippen molar-refractivity contribution >= 4 is 68.5 Å². The second-order valence-electron chi connectivity index (χ2n) is 1.35. The molecule has 0 rings (SSSR count). The number of carbonyl (C=O) groups excluding carboxylic acids is 1. The first kappa shape index (κ1) is 19.4. The molecular weight excluding hydrogens is 332 g/mol. The monoisotopic (exact) mass is 338 g/mol. The molecule has 0 unspecified atom stereocenters. The molecule has 3 N–H and O–H groups in total. The van der Waals surface area contributed by atoms with Gasteiger partial charge in [0.05, 0.1) is 7.82 Å². The Balaban J connectivity index is -0.000000150. The molecule has 0 aromatic rings. The third-order valence-corrected chi connectivity index (χ3v) is 0.382. The van der Waals surface area contributed by atoms with Crippen LogP contribution in [0.3, 0.4) is 0 Å².